The first-order valence-corrected chi connectivity index (χ1v) is 6.47. The number of piperazine rings is 1. The van der Waals surface area contributed by atoms with E-state index in [0.29, 0.717) is 18.7 Å². The van der Waals surface area contributed by atoms with Gasteiger partial charge >= 0.3 is 0 Å². The third-order valence-corrected chi connectivity index (χ3v) is 4.01. The summed E-state index contributed by atoms with van der Waals surface area (Å²) in [7, 11) is 0. The van der Waals surface area contributed by atoms with E-state index in [2.05, 4.69) is 21.9 Å². The van der Waals surface area contributed by atoms with Crippen LogP contribution in [0.25, 0.3) is 0 Å². The van der Waals surface area contributed by atoms with E-state index in [1.54, 1.807) is 4.90 Å². The number of nitrogens with zero attached hydrogens (tertiary/aromatic N) is 4. The zero-order chi connectivity index (χ0) is 13.1. The summed E-state index contributed by atoms with van der Waals surface area (Å²) in [5.41, 5.74) is 1.44. The highest BCUT2D eigenvalue weighted by atomic mass is 32.1. The molecule has 1 fully saturated rings. The molecule has 0 N–H and O–H groups in total. The van der Waals surface area contributed by atoms with Crippen LogP contribution in [0.3, 0.4) is 0 Å². The van der Waals surface area contributed by atoms with Gasteiger partial charge in [0.1, 0.15) is 16.6 Å². The van der Waals surface area contributed by atoms with Crippen molar-refractivity contribution >= 4 is 22.4 Å². The maximum Gasteiger partial charge on any atom is 0.246 e. The second kappa shape index (κ2) is 5.19. The van der Waals surface area contributed by atoms with Crippen molar-refractivity contribution in [3.63, 3.8) is 0 Å². The Bertz CT molecular complexity index is 509. The van der Waals surface area contributed by atoms with Gasteiger partial charge in [0.2, 0.25) is 5.91 Å². The molecule has 94 valence electrons. The molecule has 1 amide bonds. The molecule has 18 heavy (non-hydrogen) atoms. The van der Waals surface area contributed by atoms with Crippen LogP contribution in [0.1, 0.15) is 11.3 Å². The first-order valence-electron chi connectivity index (χ1n) is 5.70. The van der Waals surface area contributed by atoms with E-state index >= 15 is 0 Å². The van der Waals surface area contributed by atoms with Gasteiger partial charge < -0.3 is 9.80 Å². The molecular weight excluding hydrogens is 248 g/mol. The fourth-order valence-corrected chi connectivity index (χ4v) is 2.86. The lowest BCUT2D eigenvalue weighted by Gasteiger charge is -2.34. The lowest BCUT2D eigenvalue weighted by Crippen LogP contribution is -2.48. The van der Waals surface area contributed by atoms with Crippen LogP contribution in [0.2, 0.25) is 0 Å². The SMILES string of the molecule is C=CC(=O)N1CCN(c2snc(C)c2C#N)CC1. The summed E-state index contributed by atoms with van der Waals surface area (Å²) in [6.45, 7) is 8.11. The van der Waals surface area contributed by atoms with Crippen molar-refractivity contribution in [2.24, 2.45) is 0 Å². The normalized spacial score (nSPS) is 15.3. The van der Waals surface area contributed by atoms with E-state index in [1.165, 1.54) is 17.6 Å². The smallest absolute Gasteiger partial charge is 0.246 e. The molecule has 1 aromatic heterocycles. The van der Waals surface area contributed by atoms with Crippen molar-refractivity contribution in [2.45, 2.75) is 6.92 Å². The lowest BCUT2D eigenvalue weighted by atomic mass is 10.2. The van der Waals surface area contributed by atoms with Crippen molar-refractivity contribution in [1.82, 2.24) is 9.27 Å². The van der Waals surface area contributed by atoms with Crippen LogP contribution < -0.4 is 4.90 Å². The molecule has 0 aliphatic carbocycles. The van der Waals surface area contributed by atoms with E-state index in [-0.39, 0.29) is 5.91 Å². The van der Waals surface area contributed by atoms with E-state index in [0.717, 1.165) is 23.8 Å². The van der Waals surface area contributed by atoms with Gasteiger partial charge in [0.25, 0.3) is 0 Å². The zero-order valence-electron chi connectivity index (χ0n) is 10.2. The third kappa shape index (κ3) is 2.22. The number of hydrogen-bond donors (Lipinski definition) is 0. The average molecular weight is 262 g/mol. The molecule has 6 heteroatoms. The molecule has 0 unspecified atom stereocenters. The van der Waals surface area contributed by atoms with Crippen molar-refractivity contribution in [2.75, 3.05) is 31.1 Å². The van der Waals surface area contributed by atoms with Crippen LogP contribution in [0, 0.1) is 18.3 Å². The summed E-state index contributed by atoms with van der Waals surface area (Å²) in [5.74, 6) is -0.0318. The Morgan fingerprint density at radius 1 is 1.50 bits per heavy atom. The average Bonchev–Trinajstić information content (AvgIpc) is 2.79. The Balaban J connectivity index is 2.08. The van der Waals surface area contributed by atoms with Crippen LogP contribution in [0.4, 0.5) is 5.00 Å². The first-order chi connectivity index (χ1) is 8.67. The molecule has 1 aromatic rings. The number of aryl methyl sites for hydroxylation is 1. The van der Waals surface area contributed by atoms with Crippen molar-refractivity contribution < 1.29 is 4.79 Å². The number of amides is 1. The molecule has 1 saturated heterocycles. The highest BCUT2D eigenvalue weighted by molar-refractivity contribution is 7.10. The minimum atomic E-state index is -0.0318. The number of carbonyl (C=O) groups is 1. The van der Waals surface area contributed by atoms with Crippen LogP contribution in [0.15, 0.2) is 12.7 Å². The number of carbonyl (C=O) groups excluding carboxylic acids is 1. The van der Waals surface area contributed by atoms with E-state index in [9.17, 15) is 4.79 Å². The van der Waals surface area contributed by atoms with Gasteiger partial charge in [-0.2, -0.15) is 9.64 Å². The predicted molar refractivity (Wildman–Crippen MR) is 70.6 cm³/mol. The largest absolute Gasteiger partial charge is 0.358 e. The summed E-state index contributed by atoms with van der Waals surface area (Å²) < 4.78 is 4.21. The van der Waals surface area contributed by atoms with Gasteiger partial charge in [-0.3, -0.25) is 4.79 Å². The van der Waals surface area contributed by atoms with Crippen LogP contribution >= 0.6 is 11.5 Å². The minimum Gasteiger partial charge on any atom is -0.358 e. The molecule has 2 heterocycles. The molecule has 0 aromatic carbocycles. The molecule has 0 atom stereocenters. The summed E-state index contributed by atoms with van der Waals surface area (Å²) in [4.78, 5) is 15.4. The third-order valence-electron chi connectivity index (χ3n) is 3.01. The molecule has 0 bridgehead atoms. The quantitative estimate of drug-likeness (QED) is 0.750. The Labute approximate surface area is 110 Å². The Morgan fingerprint density at radius 2 is 2.17 bits per heavy atom. The van der Waals surface area contributed by atoms with Gasteiger partial charge in [0.15, 0.2) is 0 Å². The zero-order valence-corrected chi connectivity index (χ0v) is 11.0. The van der Waals surface area contributed by atoms with Gasteiger partial charge in [-0.25, -0.2) is 0 Å². The van der Waals surface area contributed by atoms with E-state index < -0.39 is 0 Å². The Hall–Kier alpha value is -1.87. The molecular formula is C12H14N4OS. The van der Waals surface area contributed by atoms with E-state index in [1.807, 2.05) is 6.92 Å². The summed E-state index contributed by atoms with van der Waals surface area (Å²) >= 11 is 1.35. The van der Waals surface area contributed by atoms with Crippen LogP contribution in [0.5, 0.6) is 0 Å². The second-order valence-electron chi connectivity index (χ2n) is 4.08. The molecule has 2 rings (SSSR count). The van der Waals surface area contributed by atoms with Crippen molar-refractivity contribution in [1.29, 1.82) is 5.26 Å². The molecule has 5 nitrogen and oxygen atoms in total. The van der Waals surface area contributed by atoms with Crippen molar-refractivity contribution in [3.8, 4) is 6.07 Å². The maximum atomic E-state index is 11.5. The maximum absolute atomic E-state index is 11.5. The van der Waals surface area contributed by atoms with Gasteiger partial charge in [0.05, 0.1) is 5.69 Å². The molecule has 0 radical (unpaired) electrons. The van der Waals surface area contributed by atoms with Crippen LogP contribution in [-0.2, 0) is 4.79 Å². The number of nitriles is 1. The standard InChI is InChI=1S/C12H14N4OS/c1-3-11(17)15-4-6-16(7-5-15)12-10(8-13)9(2)14-18-12/h3H,1,4-7H2,2H3. The molecule has 1 aliphatic rings. The van der Waals surface area contributed by atoms with Gasteiger partial charge in [-0.05, 0) is 24.5 Å². The number of anilines is 1. The highest BCUT2D eigenvalue weighted by Crippen LogP contribution is 2.28. The number of aromatic nitrogens is 1. The molecule has 1 aliphatic heterocycles. The van der Waals surface area contributed by atoms with Crippen LogP contribution in [-0.4, -0.2) is 41.4 Å². The highest BCUT2D eigenvalue weighted by Gasteiger charge is 2.23. The first kappa shape index (κ1) is 12.6. The summed E-state index contributed by atoms with van der Waals surface area (Å²) in [5, 5.41) is 10.0. The van der Waals surface area contributed by atoms with Gasteiger partial charge in [0, 0.05) is 26.2 Å². The van der Waals surface area contributed by atoms with E-state index in [4.69, 9.17) is 5.26 Å². The fraction of sp³-hybridized carbons (Fsp3) is 0.417. The summed E-state index contributed by atoms with van der Waals surface area (Å²) in [6.07, 6.45) is 1.34. The Morgan fingerprint density at radius 3 is 2.72 bits per heavy atom. The van der Waals surface area contributed by atoms with Gasteiger partial charge in [-0.15, -0.1) is 0 Å². The molecule has 0 saturated carbocycles. The number of rotatable bonds is 2. The Kier molecular flexibility index (Phi) is 3.63. The summed E-state index contributed by atoms with van der Waals surface area (Å²) in [6, 6.07) is 2.20. The lowest BCUT2D eigenvalue weighted by molar-refractivity contribution is -0.126. The topological polar surface area (TPSA) is 60.2 Å². The minimum absolute atomic E-state index is 0.0318. The molecule has 0 spiro atoms. The van der Waals surface area contributed by atoms with Gasteiger partial charge in [-0.1, -0.05) is 6.58 Å². The number of hydrogen-bond acceptors (Lipinski definition) is 5. The van der Waals surface area contributed by atoms with Crippen molar-refractivity contribution in [3.05, 3.63) is 23.9 Å². The second-order valence-corrected chi connectivity index (χ2v) is 4.83. The fourth-order valence-electron chi connectivity index (χ4n) is 1.96. The monoisotopic (exact) mass is 262 g/mol. The predicted octanol–water partition coefficient (Wildman–Crippen LogP) is 1.16.